The van der Waals surface area contributed by atoms with Gasteiger partial charge in [-0.25, -0.2) is 0 Å². The summed E-state index contributed by atoms with van der Waals surface area (Å²) in [5.41, 5.74) is 0. The summed E-state index contributed by atoms with van der Waals surface area (Å²) >= 11 is 0. The molecule has 2 heteroatoms. The first kappa shape index (κ1) is 9.04. The Morgan fingerprint density at radius 3 is 2.31 bits per heavy atom. The zero-order valence-electron chi connectivity index (χ0n) is 8.55. The van der Waals surface area contributed by atoms with Crippen LogP contribution < -0.4 is 5.32 Å². The molecule has 1 N–H and O–H groups in total. The number of hydrogen-bond acceptors (Lipinski definition) is 1. The van der Waals surface area contributed by atoms with Gasteiger partial charge in [-0.1, -0.05) is 13.8 Å². The van der Waals surface area contributed by atoms with Crippen LogP contribution in [0.1, 0.15) is 39.5 Å². The second-order valence-electron chi connectivity index (χ2n) is 4.80. The van der Waals surface area contributed by atoms with Crippen LogP contribution in [0, 0.1) is 17.8 Å². The summed E-state index contributed by atoms with van der Waals surface area (Å²) in [6.45, 7) is 4.55. The number of amides is 1. The van der Waals surface area contributed by atoms with Crippen molar-refractivity contribution < 1.29 is 4.79 Å². The Morgan fingerprint density at radius 2 is 1.85 bits per heavy atom. The maximum atomic E-state index is 11.5. The molecule has 13 heavy (non-hydrogen) atoms. The van der Waals surface area contributed by atoms with Gasteiger partial charge in [-0.3, -0.25) is 4.79 Å². The van der Waals surface area contributed by atoms with E-state index in [-0.39, 0.29) is 0 Å². The zero-order valence-corrected chi connectivity index (χ0v) is 8.55. The van der Waals surface area contributed by atoms with E-state index < -0.39 is 0 Å². The highest BCUT2D eigenvalue weighted by molar-refractivity contribution is 5.81. The number of carbonyl (C=O) groups is 1. The fourth-order valence-electron chi connectivity index (χ4n) is 2.21. The molecule has 2 fully saturated rings. The van der Waals surface area contributed by atoms with Gasteiger partial charge in [0.05, 0.1) is 0 Å². The fraction of sp³-hybridized carbons (Fsp3) is 0.909. The van der Waals surface area contributed by atoms with E-state index in [0.717, 1.165) is 18.8 Å². The van der Waals surface area contributed by atoms with E-state index in [0.29, 0.717) is 23.8 Å². The molecule has 0 saturated heterocycles. The van der Waals surface area contributed by atoms with Crippen LogP contribution in [0.4, 0.5) is 0 Å². The molecule has 1 amide bonds. The van der Waals surface area contributed by atoms with Gasteiger partial charge in [-0.2, -0.15) is 0 Å². The van der Waals surface area contributed by atoms with Crippen molar-refractivity contribution in [3.05, 3.63) is 0 Å². The van der Waals surface area contributed by atoms with Crippen LogP contribution in [-0.4, -0.2) is 11.9 Å². The molecule has 2 saturated carbocycles. The molecule has 0 radical (unpaired) electrons. The molecule has 2 nitrogen and oxygen atoms in total. The van der Waals surface area contributed by atoms with E-state index >= 15 is 0 Å². The van der Waals surface area contributed by atoms with Crippen molar-refractivity contribution >= 4 is 5.91 Å². The molecule has 2 aliphatic carbocycles. The minimum Gasteiger partial charge on any atom is -0.353 e. The molecule has 3 atom stereocenters. The van der Waals surface area contributed by atoms with E-state index in [1.54, 1.807) is 0 Å². The standard InChI is InChI=1S/C11H19NO/c1-7-3-6-10(8(7)2)12-11(13)9-4-5-9/h7-10H,3-6H2,1-2H3,(H,12,13). The molecule has 2 aliphatic rings. The normalized spacial score (nSPS) is 39.1. The lowest BCUT2D eigenvalue weighted by Crippen LogP contribution is -2.38. The van der Waals surface area contributed by atoms with Gasteiger partial charge in [-0.05, 0) is 37.5 Å². The molecule has 0 bridgehead atoms. The summed E-state index contributed by atoms with van der Waals surface area (Å²) in [7, 11) is 0. The lowest BCUT2D eigenvalue weighted by atomic mass is 9.98. The average molecular weight is 181 g/mol. The SMILES string of the molecule is CC1CCC(NC(=O)C2CC2)C1C. The molecule has 3 unspecified atom stereocenters. The van der Waals surface area contributed by atoms with E-state index in [4.69, 9.17) is 0 Å². The summed E-state index contributed by atoms with van der Waals surface area (Å²) in [5.74, 6) is 2.13. The maximum absolute atomic E-state index is 11.5. The van der Waals surface area contributed by atoms with Crippen molar-refractivity contribution in [3.8, 4) is 0 Å². The highest BCUT2D eigenvalue weighted by atomic mass is 16.2. The van der Waals surface area contributed by atoms with Crippen molar-refractivity contribution in [2.75, 3.05) is 0 Å². The van der Waals surface area contributed by atoms with Crippen molar-refractivity contribution in [1.82, 2.24) is 5.32 Å². The van der Waals surface area contributed by atoms with E-state index in [1.165, 1.54) is 12.8 Å². The second-order valence-corrected chi connectivity index (χ2v) is 4.80. The van der Waals surface area contributed by atoms with Crippen molar-refractivity contribution in [1.29, 1.82) is 0 Å². The van der Waals surface area contributed by atoms with Gasteiger partial charge in [0.1, 0.15) is 0 Å². The highest BCUT2D eigenvalue weighted by Crippen LogP contribution is 2.33. The predicted molar refractivity (Wildman–Crippen MR) is 52.2 cm³/mol. The van der Waals surface area contributed by atoms with Gasteiger partial charge >= 0.3 is 0 Å². The third-order valence-corrected chi connectivity index (χ3v) is 3.74. The molecule has 0 aromatic rings. The van der Waals surface area contributed by atoms with Gasteiger partial charge < -0.3 is 5.32 Å². The quantitative estimate of drug-likeness (QED) is 0.693. The van der Waals surface area contributed by atoms with Crippen LogP contribution in [0.5, 0.6) is 0 Å². The fourth-order valence-corrected chi connectivity index (χ4v) is 2.21. The first-order valence-electron chi connectivity index (χ1n) is 5.49. The third-order valence-electron chi connectivity index (χ3n) is 3.74. The van der Waals surface area contributed by atoms with Crippen LogP contribution in [0.2, 0.25) is 0 Å². The van der Waals surface area contributed by atoms with Gasteiger partial charge in [0, 0.05) is 12.0 Å². The minimum atomic E-state index is 0.311. The number of nitrogens with one attached hydrogen (secondary N) is 1. The van der Waals surface area contributed by atoms with Crippen LogP contribution in [0.15, 0.2) is 0 Å². The monoisotopic (exact) mass is 181 g/mol. The van der Waals surface area contributed by atoms with Crippen LogP contribution in [0.25, 0.3) is 0 Å². The smallest absolute Gasteiger partial charge is 0.223 e. The lowest BCUT2D eigenvalue weighted by molar-refractivity contribution is -0.123. The summed E-state index contributed by atoms with van der Waals surface area (Å²) < 4.78 is 0. The molecule has 0 heterocycles. The molecule has 0 aromatic carbocycles. The predicted octanol–water partition coefficient (Wildman–Crippen LogP) is 1.95. The highest BCUT2D eigenvalue weighted by Gasteiger charge is 2.35. The first-order chi connectivity index (χ1) is 6.18. The van der Waals surface area contributed by atoms with E-state index in [1.807, 2.05) is 0 Å². The zero-order chi connectivity index (χ0) is 9.42. The molecular weight excluding hydrogens is 162 g/mol. The van der Waals surface area contributed by atoms with Crippen LogP contribution >= 0.6 is 0 Å². The van der Waals surface area contributed by atoms with Gasteiger partial charge in [0.2, 0.25) is 5.91 Å². The maximum Gasteiger partial charge on any atom is 0.223 e. The number of rotatable bonds is 2. The van der Waals surface area contributed by atoms with Crippen molar-refractivity contribution in [2.24, 2.45) is 17.8 Å². The summed E-state index contributed by atoms with van der Waals surface area (Å²) in [4.78, 5) is 11.5. The van der Waals surface area contributed by atoms with Crippen molar-refractivity contribution in [3.63, 3.8) is 0 Å². The topological polar surface area (TPSA) is 29.1 Å². The molecular formula is C11H19NO. The largest absolute Gasteiger partial charge is 0.353 e. The van der Waals surface area contributed by atoms with Crippen LogP contribution in [0.3, 0.4) is 0 Å². The second kappa shape index (κ2) is 3.32. The Labute approximate surface area is 80.1 Å². The Morgan fingerprint density at radius 1 is 1.15 bits per heavy atom. The molecule has 2 rings (SSSR count). The number of hydrogen-bond donors (Lipinski definition) is 1. The lowest BCUT2D eigenvalue weighted by Gasteiger charge is -2.19. The molecule has 74 valence electrons. The third kappa shape index (κ3) is 1.87. The summed E-state index contributed by atoms with van der Waals surface area (Å²) in [6.07, 6.45) is 4.68. The molecule has 0 aromatic heterocycles. The van der Waals surface area contributed by atoms with E-state index in [2.05, 4.69) is 19.2 Å². The number of carbonyl (C=O) groups excluding carboxylic acids is 1. The Hall–Kier alpha value is -0.530. The van der Waals surface area contributed by atoms with Gasteiger partial charge in [-0.15, -0.1) is 0 Å². The average Bonchev–Trinajstić information content (AvgIpc) is 2.89. The van der Waals surface area contributed by atoms with E-state index in [9.17, 15) is 4.79 Å². The summed E-state index contributed by atoms with van der Waals surface area (Å²) in [5, 5.41) is 3.18. The van der Waals surface area contributed by atoms with Crippen LogP contribution in [-0.2, 0) is 4.79 Å². The summed E-state index contributed by atoms with van der Waals surface area (Å²) in [6, 6.07) is 0.461. The Balaban J connectivity index is 1.84. The van der Waals surface area contributed by atoms with Gasteiger partial charge in [0.25, 0.3) is 0 Å². The molecule has 0 aliphatic heterocycles. The minimum absolute atomic E-state index is 0.311. The Bertz CT molecular complexity index is 210. The molecule has 0 spiro atoms. The Kier molecular flexibility index (Phi) is 2.31. The first-order valence-corrected chi connectivity index (χ1v) is 5.49. The van der Waals surface area contributed by atoms with Crippen molar-refractivity contribution in [2.45, 2.75) is 45.6 Å². The van der Waals surface area contributed by atoms with Gasteiger partial charge in [0.15, 0.2) is 0 Å².